The highest BCUT2D eigenvalue weighted by Crippen LogP contribution is 2.45. The molecule has 0 aliphatic heterocycles. The second kappa shape index (κ2) is 9.62. The van der Waals surface area contributed by atoms with E-state index in [0.29, 0.717) is 16.7 Å². The van der Waals surface area contributed by atoms with E-state index in [1.54, 1.807) is 20.8 Å². The van der Waals surface area contributed by atoms with Crippen LogP contribution in [-0.4, -0.2) is 21.6 Å². The maximum Gasteiger partial charge on any atom is 0.337 e. The number of nitro groups is 1. The number of carboxylic acids is 1. The Balaban J connectivity index is 2.48. The summed E-state index contributed by atoms with van der Waals surface area (Å²) in [5.74, 6) is -1.20. The Morgan fingerprint density at radius 3 is 1.74 bits per heavy atom. The van der Waals surface area contributed by atoms with Gasteiger partial charge in [-0.2, -0.15) is 0 Å². The number of nitro benzene ring substituents is 1. The topological polar surface area (TPSA) is 89.7 Å². The highest BCUT2D eigenvalue weighted by molar-refractivity contribution is 5.90. The molecule has 184 valence electrons. The van der Waals surface area contributed by atoms with Crippen molar-refractivity contribution in [3.8, 4) is 22.3 Å². The van der Waals surface area contributed by atoms with Crippen LogP contribution in [0.4, 0.5) is 5.69 Å². The van der Waals surface area contributed by atoms with Crippen molar-refractivity contribution in [3.05, 3.63) is 86.0 Å². The van der Waals surface area contributed by atoms with Crippen LogP contribution in [0.5, 0.6) is 0 Å². The molecular weight excluding hydrogens is 442 g/mol. The van der Waals surface area contributed by atoms with Crippen LogP contribution in [0.2, 0.25) is 0 Å². The van der Waals surface area contributed by atoms with Gasteiger partial charge in [-0.1, -0.05) is 36.4 Å². The number of rotatable bonds is 6. The Kier molecular flexibility index (Phi) is 7.18. The quantitative estimate of drug-likeness (QED) is 0.296. The van der Waals surface area contributed by atoms with Crippen molar-refractivity contribution in [2.45, 2.75) is 67.1 Å². The van der Waals surface area contributed by atoms with Gasteiger partial charge in [-0.05, 0) is 99.9 Å². The molecule has 0 bridgehead atoms. The molecule has 0 amide bonds. The third-order valence-corrected chi connectivity index (χ3v) is 6.35. The summed E-state index contributed by atoms with van der Waals surface area (Å²) in [5, 5.41) is 22.4. The molecule has 0 aliphatic rings. The minimum atomic E-state index is -1.38. The number of carboxylic acid groups (broad SMARTS) is 1. The SMILES string of the molecule is Cc1ccc(-c2c(C(OC(C)(C)C)C(=O)O)cc([N+](=O)[O-])c(-c3ccc(C)c(C)c3)c2C)cc1C. The molecule has 6 nitrogen and oxygen atoms in total. The summed E-state index contributed by atoms with van der Waals surface area (Å²) in [6, 6.07) is 13.0. The largest absolute Gasteiger partial charge is 0.479 e. The molecular formula is C29H33NO5. The fourth-order valence-corrected chi connectivity index (χ4v) is 4.32. The first-order chi connectivity index (χ1) is 16.2. The van der Waals surface area contributed by atoms with Gasteiger partial charge >= 0.3 is 5.97 Å². The minimum Gasteiger partial charge on any atom is -0.479 e. The second-order valence-electron chi connectivity index (χ2n) is 10.2. The van der Waals surface area contributed by atoms with Gasteiger partial charge < -0.3 is 9.84 Å². The molecule has 0 fully saturated rings. The maximum atomic E-state index is 12.4. The van der Waals surface area contributed by atoms with Crippen LogP contribution in [0, 0.1) is 44.7 Å². The lowest BCUT2D eigenvalue weighted by atomic mass is 9.84. The average molecular weight is 476 g/mol. The van der Waals surface area contributed by atoms with E-state index >= 15 is 0 Å². The lowest BCUT2D eigenvalue weighted by Crippen LogP contribution is -2.28. The molecule has 3 aromatic rings. The molecule has 35 heavy (non-hydrogen) atoms. The number of hydrogen-bond donors (Lipinski definition) is 1. The predicted octanol–water partition coefficient (Wildman–Crippen LogP) is 7.41. The van der Waals surface area contributed by atoms with Crippen LogP contribution in [0.25, 0.3) is 22.3 Å². The predicted molar refractivity (Wildman–Crippen MR) is 139 cm³/mol. The Morgan fingerprint density at radius 1 is 0.857 bits per heavy atom. The minimum absolute atomic E-state index is 0.142. The molecule has 0 radical (unpaired) electrons. The molecule has 3 rings (SSSR count). The van der Waals surface area contributed by atoms with Gasteiger partial charge in [0.05, 0.1) is 16.1 Å². The van der Waals surface area contributed by atoms with Gasteiger partial charge in [0.2, 0.25) is 0 Å². The highest BCUT2D eigenvalue weighted by atomic mass is 16.6. The molecule has 0 saturated carbocycles. The Bertz CT molecular complexity index is 1320. The van der Waals surface area contributed by atoms with Gasteiger partial charge in [-0.25, -0.2) is 4.79 Å². The third-order valence-electron chi connectivity index (χ3n) is 6.35. The summed E-state index contributed by atoms with van der Waals surface area (Å²) in [6.07, 6.45) is -1.38. The second-order valence-corrected chi connectivity index (χ2v) is 10.2. The number of nitrogens with zero attached hydrogens (tertiary/aromatic N) is 1. The van der Waals surface area contributed by atoms with Crippen molar-refractivity contribution in [1.29, 1.82) is 0 Å². The lowest BCUT2D eigenvalue weighted by molar-refractivity contribution is -0.384. The van der Waals surface area contributed by atoms with Crippen LogP contribution in [0.3, 0.4) is 0 Å². The number of ether oxygens (including phenoxy) is 1. The summed E-state index contributed by atoms with van der Waals surface area (Å²) in [5.41, 5.74) is 6.89. The normalized spacial score (nSPS) is 12.5. The van der Waals surface area contributed by atoms with Gasteiger partial charge in [0, 0.05) is 11.6 Å². The van der Waals surface area contributed by atoms with Gasteiger partial charge in [-0.15, -0.1) is 0 Å². The summed E-state index contributed by atoms with van der Waals surface area (Å²) in [7, 11) is 0. The molecule has 0 spiro atoms. The van der Waals surface area contributed by atoms with Gasteiger partial charge in [0.1, 0.15) is 0 Å². The van der Waals surface area contributed by atoms with Crippen molar-refractivity contribution in [1.82, 2.24) is 0 Å². The van der Waals surface area contributed by atoms with E-state index in [1.165, 1.54) is 6.07 Å². The molecule has 0 aliphatic carbocycles. The van der Waals surface area contributed by atoms with Crippen molar-refractivity contribution >= 4 is 11.7 Å². The van der Waals surface area contributed by atoms with E-state index in [-0.39, 0.29) is 11.3 Å². The molecule has 0 saturated heterocycles. The van der Waals surface area contributed by atoms with Crippen molar-refractivity contribution in [3.63, 3.8) is 0 Å². The monoisotopic (exact) mass is 475 g/mol. The molecule has 6 heteroatoms. The highest BCUT2D eigenvalue weighted by Gasteiger charge is 2.34. The molecule has 1 unspecified atom stereocenters. The van der Waals surface area contributed by atoms with Crippen LogP contribution in [0.1, 0.15) is 60.3 Å². The smallest absolute Gasteiger partial charge is 0.337 e. The first-order valence-electron chi connectivity index (χ1n) is 11.6. The van der Waals surface area contributed by atoms with Crippen molar-refractivity contribution < 1.29 is 19.6 Å². The van der Waals surface area contributed by atoms with E-state index in [2.05, 4.69) is 0 Å². The summed E-state index contributed by atoms with van der Waals surface area (Å²) < 4.78 is 5.95. The Morgan fingerprint density at radius 2 is 1.34 bits per heavy atom. The van der Waals surface area contributed by atoms with E-state index in [0.717, 1.165) is 33.4 Å². The van der Waals surface area contributed by atoms with Crippen molar-refractivity contribution in [2.75, 3.05) is 0 Å². The van der Waals surface area contributed by atoms with Crippen LogP contribution < -0.4 is 0 Å². The molecule has 0 heterocycles. The first kappa shape index (κ1) is 26.1. The number of aliphatic carboxylic acids is 1. The lowest BCUT2D eigenvalue weighted by Gasteiger charge is -2.28. The van der Waals surface area contributed by atoms with E-state index in [4.69, 9.17) is 4.74 Å². The van der Waals surface area contributed by atoms with Gasteiger partial charge in [0.25, 0.3) is 5.69 Å². The fourth-order valence-electron chi connectivity index (χ4n) is 4.32. The Hall–Kier alpha value is -3.51. The zero-order valence-electron chi connectivity index (χ0n) is 21.6. The average Bonchev–Trinajstić information content (AvgIpc) is 2.74. The summed E-state index contributed by atoms with van der Waals surface area (Å²) in [6.45, 7) is 15.1. The first-order valence-corrected chi connectivity index (χ1v) is 11.6. The fraction of sp³-hybridized carbons (Fsp3) is 0.345. The summed E-state index contributed by atoms with van der Waals surface area (Å²) >= 11 is 0. The van der Waals surface area contributed by atoms with Crippen LogP contribution >= 0.6 is 0 Å². The van der Waals surface area contributed by atoms with E-state index < -0.39 is 22.6 Å². The van der Waals surface area contributed by atoms with Gasteiger partial charge in [0.15, 0.2) is 6.10 Å². The number of hydrogen-bond acceptors (Lipinski definition) is 4. The summed E-state index contributed by atoms with van der Waals surface area (Å²) in [4.78, 5) is 24.3. The van der Waals surface area contributed by atoms with Crippen LogP contribution in [0.15, 0.2) is 42.5 Å². The van der Waals surface area contributed by atoms with Gasteiger partial charge in [-0.3, -0.25) is 10.1 Å². The molecule has 3 aromatic carbocycles. The van der Waals surface area contributed by atoms with Crippen molar-refractivity contribution in [2.24, 2.45) is 0 Å². The third kappa shape index (κ3) is 5.43. The zero-order valence-corrected chi connectivity index (χ0v) is 21.6. The molecule has 1 N–H and O–H groups in total. The zero-order chi connectivity index (χ0) is 26.2. The van der Waals surface area contributed by atoms with E-state index in [1.807, 2.05) is 71.0 Å². The molecule has 1 atom stereocenters. The molecule has 0 aromatic heterocycles. The van der Waals surface area contributed by atoms with E-state index in [9.17, 15) is 20.0 Å². The number of benzene rings is 3. The maximum absolute atomic E-state index is 12.4. The number of aryl methyl sites for hydroxylation is 4. The Labute approximate surface area is 206 Å². The standard InChI is InChI=1S/C29H33NO5/c1-16-9-11-21(13-18(16)3)25-20(5)26(22-12-10-17(2)19(4)14-22)24(30(33)34)15-23(25)27(28(31)32)35-29(6,7)8/h9-15,27H,1-8H3,(H,31,32). The van der Waals surface area contributed by atoms with Crippen LogP contribution in [-0.2, 0) is 9.53 Å². The number of carbonyl (C=O) groups is 1.